The normalized spacial score (nSPS) is 10.9. The number of hydrogen-bond donors (Lipinski definition) is 2. The third-order valence-corrected chi connectivity index (χ3v) is 5.79. The molecule has 0 unspecified atom stereocenters. The van der Waals surface area contributed by atoms with Gasteiger partial charge in [-0.3, -0.25) is 0 Å². The molecule has 0 aliphatic carbocycles. The van der Waals surface area contributed by atoms with Gasteiger partial charge >= 0.3 is 0 Å². The molecule has 35 heavy (non-hydrogen) atoms. The Bertz CT molecular complexity index is 1430. The molecule has 8 nitrogen and oxygen atoms in total. The molecule has 8 heteroatoms. The number of anilines is 2. The van der Waals surface area contributed by atoms with Gasteiger partial charge in [-0.15, -0.1) is 5.10 Å². The van der Waals surface area contributed by atoms with Gasteiger partial charge in [0.2, 0.25) is 5.95 Å². The van der Waals surface area contributed by atoms with E-state index in [-0.39, 0.29) is 0 Å². The van der Waals surface area contributed by atoms with Gasteiger partial charge in [-0.1, -0.05) is 30.3 Å². The Kier molecular flexibility index (Phi) is 6.17. The molecule has 176 valence electrons. The summed E-state index contributed by atoms with van der Waals surface area (Å²) in [5.74, 6) is 2.49. The van der Waals surface area contributed by atoms with Gasteiger partial charge in [0.05, 0.1) is 31.0 Å². The molecule has 3 N–H and O–H groups in total. The van der Waals surface area contributed by atoms with Crippen LogP contribution >= 0.6 is 0 Å². The quantitative estimate of drug-likeness (QED) is 0.341. The van der Waals surface area contributed by atoms with Crippen molar-refractivity contribution in [1.82, 2.24) is 19.7 Å². The molecule has 0 aliphatic rings. The predicted molar refractivity (Wildman–Crippen MR) is 138 cm³/mol. The number of benzene rings is 3. The summed E-state index contributed by atoms with van der Waals surface area (Å²) in [5, 5.41) is 8.76. The molecule has 0 fully saturated rings. The average Bonchev–Trinajstić information content (AvgIpc) is 3.25. The van der Waals surface area contributed by atoms with Crippen molar-refractivity contribution in [1.29, 1.82) is 0 Å². The number of ether oxygens (including phenoxy) is 2. The van der Waals surface area contributed by atoms with Crippen molar-refractivity contribution >= 4 is 22.8 Å². The number of nitrogens with one attached hydrogen (secondary N) is 1. The van der Waals surface area contributed by atoms with Crippen molar-refractivity contribution in [2.24, 2.45) is 0 Å². The SMILES string of the molecule is COc1ccc(-c2nc(NCCc3ccccc3)nc3nn(-c4ccc(OC)cc4)c(N)c23)cc1. The molecule has 0 amide bonds. The molecule has 5 rings (SSSR count). The Labute approximate surface area is 203 Å². The molecule has 0 saturated carbocycles. The van der Waals surface area contributed by atoms with E-state index in [4.69, 9.17) is 25.3 Å². The summed E-state index contributed by atoms with van der Waals surface area (Å²) in [4.78, 5) is 9.52. The zero-order valence-electron chi connectivity index (χ0n) is 19.6. The van der Waals surface area contributed by atoms with Gasteiger partial charge < -0.3 is 20.5 Å². The largest absolute Gasteiger partial charge is 0.497 e. The number of nitrogens with two attached hydrogens (primary N) is 1. The first-order valence-electron chi connectivity index (χ1n) is 11.3. The summed E-state index contributed by atoms with van der Waals surface area (Å²) in [5.41, 5.74) is 10.8. The molecule has 5 aromatic rings. The number of rotatable bonds is 8. The third kappa shape index (κ3) is 4.59. The van der Waals surface area contributed by atoms with Crippen LogP contribution in [0.15, 0.2) is 78.9 Å². The number of aromatic nitrogens is 4. The molecule has 0 bridgehead atoms. The predicted octanol–water partition coefficient (Wildman–Crippen LogP) is 4.74. The second-order valence-electron chi connectivity index (χ2n) is 7.98. The van der Waals surface area contributed by atoms with Crippen LogP contribution in [-0.4, -0.2) is 40.5 Å². The van der Waals surface area contributed by atoms with E-state index < -0.39 is 0 Å². The van der Waals surface area contributed by atoms with E-state index in [1.807, 2.05) is 66.7 Å². The van der Waals surface area contributed by atoms with Crippen molar-refractivity contribution in [3.8, 4) is 28.4 Å². The van der Waals surface area contributed by atoms with Crippen LogP contribution in [0.5, 0.6) is 11.5 Å². The van der Waals surface area contributed by atoms with Crippen molar-refractivity contribution in [3.05, 3.63) is 84.4 Å². The van der Waals surface area contributed by atoms with Gasteiger partial charge in [-0.2, -0.15) is 4.98 Å². The molecule has 0 radical (unpaired) electrons. The number of methoxy groups -OCH3 is 2. The molecule has 0 saturated heterocycles. The molecular formula is C27H26N6O2. The monoisotopic (exact) mass is 466 g/mol. The maximum atomic E-state index is 6.61. The number of nitrogens with zero attached hydrogens (tertiary/aromatic N) is 4. The van der Waals surface area contributed by atoms with Gasteiger partial charge in [-0.05, 0) is 60.5 Å². The van der Waals surface area contributed by atoms with E-state index in [2.05, 4.69) is 22.4 Å². The standard InChI is InChI=1S/C27H26N6O2/c1-34-21-12-8-19(9-13-21)24-23-25(28)33(20-10-14-22(35-2)15-11-20)32-26(23)31-27(30-24)29-17-16-18-6-4-3-5-7-18/h3-15H,16-17,28H2,1-2H3,(H,29,31,32). The summed E-state index contributed by atoms with van der Waals surface area (Å²) in [6.45, 7) is 0.687. The van der Waals surface area contributed by atoms with E-state index in [1.54, 1.807) is 18.9 Å². The lowest BCUT2D eigenvalue weighted by Crippen LogP contribution is -2.08. The molecule has 2 heterocycles. The maximum Gasteiger partial charge on any atom is 0.225 e. The molecule has 0 atom stereocenters. The lowest BCUT2D eigenvalue weighted by Gasteiger charge is -2.09. The van der Waals surface area contributed by atoms with Crippen LogP contribution in [0, 0.1) is 0 Å². The Hall–Kier alpha value is -4.59. The summed E-state index contributed by atoms with van der Waals surface area (Å²) < 4.78 is 12.3. The van der Waals surface area contributed by atoms with Crippen LogP contribution in [0.3, 0.4) is 0 Å². The van der Waals surface area contributed by atoms with Crippen LogP contribution in [0.2, 0.25) is 0 Å². The van der Waals surface area contributed by atoms with Crippen molar-refractivity contribution in [3.63, 3.8) is 0 Å². The minimum atomic E-state index is 0.465. The second kappa shape index (κ2) is 9.72. The number of hydrogen-bond acceptors (Lipinski definition) is 7. The van der Waals surface area contributed by atoms with Crippen molar-refractivity contribution in [2.75, 3.05) is 31.8 Å². The van der Waals surface area contributed by atoms with Crippen LogP contribution in [0.1, 0.15) is 5.56 Å². The maximum absolute atomic E-state index is 6.61. The minimum Gasteiger partial charge on any atom is -0.497 e. The first-order chi connectivity index (χ1) is 17.2. The molecule has 3 aromatic carbocycles. The summed E-state index contributed by atoms with van der Waals surface area (Å²) in [7, 11) is 3.28. The Balaban J connectivity index is 1.56. The van der Waals surface area contributed by atoms with Gasteiger partial charge in [0.1, 0.15) is 17.3 Å². The molecular weight excluding hydrogens is 440 g/mol. The van der Waals surface area contributed by atoms with Gasteiger partial charge in [-0.25, -0.2) is 9.67 Å². The highest BCUT2D eigenvalue weighted by atomic mass is 16.5. The minimum absolute atomic E-state index is 0.465. The Morgan fingerprint density at radius 1 is 0.829 bits per heavy atom. The Morgan fingerprint density at radius 2 is 1.49 bits per heavy atom. The summed E-state index contributed by atoms with van der Waals surface area (Å²) >= 11 is 0. The lowest BCUT2D eigenvalue weighted by molar-refractivity contribution is 0.414. The Morgan fingerprint density at radius 3 is 2.14 bits per heavy atom. The molecule has 2 aromatic heterocycles. The fraction of sp³-hybridized carbons (Fsp3) is 0.148. The molecule has 0 aliphatic heterocycles. The number of fused-ring (bicyclic) bond motifs is 1. The van der Waals surface area contributed by atoms with E-state index in [1.165, 1.54) is 5.56 Å². The van der Waals surface area contributed by atoms with Gasteiger partial charge in [0.15, 0.2) is 5.65 Å². The van der Waals surface area contributed by atoms with Gasteiger partial charge in [0.25, 0.3) is 0 Å². The van der Waals surface area contributed by atoms with E-state index in [0.29, 0.717) is 35.0 Å². The second-order valence-corrected chi connectivity index (χ2v) is 7.98. The summed E-state index contributed by atoms with van der Waals surface area (Å²) in [6, 6.07) is 25.5. The van der Waals surface area contributed by atoms with E-state index >= 15 is 0 Å². The fourth-order valence-corrected chi connectivity index (χ4v) is 3.93. The number of nitrogen functional groups attached to an aromatic ring is 1. The van der Waals surface area contributed by atoms with Crippen molar-refractivity contribution in [2.45, 2.75) is 6.42 Å². The highest BCUT2D eigenvalue weighted by molar-refractivity contribution is 5.99. The first kappa shape index (κ1) is 22.2. The van der Waals surface area contributed by atoms with Crippen LogP contribution in [0.25, 0.3) is 28.0 Å². The summed E-state index contributed by atoms with van der Waals surface area (Å²) in [6.07, 6.45) is 0.850. The van der Waals surface area contributed by atoms with E-state index in [0.717, 1.165) is 29.2 Å². The zero-order valence-corrected chi connectivity index (χ0v) is 19.6. The zero-order chi connectivity index (χ0) is 24.2. The van der Waals surface area contributed by atoms with Crippen molar-refractivity contribution < 1.29 is 9.47 Å². The fourth-order valence-electron chi connectivity index (χ4n) is 3.93. The van der Waals surface area contributed by atoms with E-state index in [9.17, 15) is 0 Å². The lowest BCUT2D eigenvalue weighted by atomic mass is 10.1. The van der Waals surface area contributed by atoms with Gasteiger partial charge in [0, 0.05) is 12.1 Å². The van der Waals surface area contributed by atoms with Crippen LogP contribution in [-0.2, 0) is 6.42 Å². The molecule has 0 spiro atoms. The highest BCUT2D eigenvalue weighted by Gasteiger charge is 2.19. The highest BCUT2D eigenvalue weighted by Crippen LogP contribution is 2.33. The smallest absolute Gasteiger partial charge is 0.225 e. The third-order valence-electron chi connectivity index (χ3n) is 5.79. The first-order valence-corrected chi connectivity index (χ1v) is 11.3. The van der Waals surface area contributed by atoms with Crippen LogP contribution in [0.4, 0.5) is 11.8 Å². The van der Waals surface area contributed by atoms with Crippen LogP contribution < -0.4 is 20.5 Å². The average molecular weight is 467 g/mol. The topological polar surface area (TPSA) is 100 Å².